The Balaban J connectivity index is 2.63. The van der Waals surface area contributed by atoms with Gasteiger partial charge in [-0.25, -0.2) is 4.79 Å². The highest BCUT2D eigenvalue weighted by Crippen LogP contribution is 2.36. The van der Waals surface area contributed by atoms with Crippen LogP contribution in [0.3, 0.4) is 0 Å². The number of rotatable bonds is 4. The third-order valence-corrected chi connectivity index (χ3v) is 3.15. The maximum absolute atomic E-state index is 11.2. The number of methoxy groups -OCH3 is 1. The molecule has 2 N–H and O–H groups in total. The summed E-state index contributed by atoms with van der Waals surface area (Å²) >= 11 is 0. The van der Waals surface area contributed by atoms with Gasteiger partial charge >= 0.3 is 5.63 Å². The van der Waals surface area contributed by atoms with Gasteiger partial charge < -0.3 is 19.4 Å². The Morgan fingerprint density at radius 2 is 2.20 bits per heavy atom. The first-order chi connectivity index (χ1) is 9.43. The topological polar surface area (TPSA) is 79.9 Å². The summed E-state index contributed by atoms with van der Waals surface area (Å²) in [5, 5.41) is 20.6. The van der Waals surface area contributed by atoms with Crippen molar-refractivity contribution < 1.29 is 19.4 Å². The molecule has 5 heteroatoms. The van der Waals surface area contributed by atoms with Crippen molar-refractivity contribution in [2.24, 2.45) is 0 Å². The summed E-state index contributed by atoms with van der Waals surface area (Å²) in [4.78, 5) is 11.2. The molecule has 2 rings (SSSR count). The Morgan fingerprint density at radius 3 is 2.80 bits per heavy atom. The second kappa shape index (κ2) is 5.38. The van der Waals surface area contributed by atoms with E-state index in [9.17, 15) is 15.0 Å². The molecule has 0 bridgehead atoms. The molecule has 0 aliphatic rings. The van der Waals surface area contributed by atoms with Crippen molar-refractivity contribution in [3.63, 3.8) is 0 Å². The highest BCUT2D eigenvalue weighted by atomic mass is 16.5. The highest BCUT2D eigenvalue weighted by Gasteiger charge is 2.18. The molecule has 1 aromatic carbocycles. The standard InChI is InChI=1S/C15H16O5/c1-8(2)11(16)6-10-12(19-3)7-13-9(15(10)18)4-5-14(17)20-13/h4-5,7,11,16,18H,1,6H2,2-3H3. The summed E-state index contributed by atoms with van der Waals surface area (Å²) in [5.41, 5.74) is 0.768. The molecular formula is C15H16O5. The Kier molecular flexibility index (Phi) is 3.81. The van der Waals surface area contributed by atoms with Crippen molar-refractivity contribution in [2.75, 3.05) is 7.11 Å². The monoisotopic (exact) mass is 276 g/mol. The molecule has 0 amide bonds. The molecule has 1 atom stereocenters. The van der Waals surface area contributed by atoms with Crippen molar-refractivity contribution in [1.82, 2.24) is 0 Å². The number of ether oxygens (including phenoxy) is 1. The molecule has 20 heavy (non-hydrogen) atoms. The molecule has 0 aliphatic carbocycles. The van der Waals surface area contributed by atoms with Crippen LogP contribution >= 0.6 is 0 Å². The van der Waals surface area contributed by atoms with E-state index in [1.165, 1.54) is 25.3 Å². The minimum Gasteiger partial charge on any atom is -0.507 e. The molecule has 0 saturated heterocycles. The minimum atomic E-state index is -0.789. The van der Waals surface area contributed by atoms with Crippen LogP contribution in [0.25, 0.3) is 11.0 Å². The second-order valence-corrected chi connectivity index (χ2v) is 4.64. The van der Waals surface area contributed by atoms with Gasteiger partial charge in [0.1, 0.15) is 17.1 Å². The number of hydrogen-bond donors (Lipinski definition) is 2. The largest absolute Gasteiger partial charge is 0.507 e. The predicted molar refractivity (Wildman–Crippen MR) is 75.2 cm³/mol. The van der Waals surface area contributed by atoms with Crippen molar-refractivity contribution in [2.45, 2.75) is 19.4 Å². The smallest absolute Gasteiger partial charge is 0.336 e. The molecule has 1 heterocycles. The fraction of sp³-hybridized carbons (Fsp3) is 0.267. The molecule has 0 fully saturated rings. The van der Waals surface area contributed by atoms with Crippen molar-refractivity contribution in [3.8, 4) is 11.5 Å². The normalized spacial score (nSPS) is 12.3. The quantitative estimate of drug-likeness (QED) is 0.659. The van der Waals surface area contributed by atoms with Crippen molar-refractivity contribution in [3.05, 3.63) is 46.3 Å². The number of phenols is 1. The van der Waals surface area contributed by atoms with E-state index in [-0.39, 0.29) is 17.8 Å². The summed E-state index contributed by atoms with van der Waals surface area (Å²) in [6.07, 6.45) is -0.623. The maximum atomic E-state index is 11.2. The van der Waals surface area contributed by atoms with Crippen LogP contribution in [-0.2, 0) is 6.42 Å². The van der Waals surface area contributed by atoms with E-state index in [4.69, 9.17) is 9.15 Å². The van der Waals surface area contributed by atoms with Crippen LogP contribution in [0.1, 0.15) is 12.5 Å². The summed E-state index contributed by atoms with van der Waals surface area (Å²) in [6.45, 7) is 5.38. The summed E-state index contributed by atoms with van der Waals surface area (Å²) in [7, 11) is 1.44. The van der Waals surface area contributed by atoms with Gasteiger partial charge in [0.25, 0.3) is 0 Å². The van der Waals surface area contributed by atoms with E-state index >= 15 is 0 Å². The van der Waals surface area contributed by atoms with E-state index in [1.54, 1.807) is 6.92 Å². The number of fused-ring (bicyclic) bond motifs is 1. The average Bonchev–Trinajstić information content (AvgIpc) is 2.40. The first-order valence-electron chi connectivity index (χ1n) is 6.10. The molecule has 0 saturated carbocycles. The third-order valence-electron chi connectivity index (χ3n) is 3.15. The van der Waals surface area contributed by atoms with Gasteiger partial charge in [-0.3, -0.25) is 0 Å². The Hall–Kier alpha value is -2.27. The SMILES string of the molecule is C=C(C)C(O)Cc1c(OC)cc2oc(=O)ccc2c1O. The van der Waals surface area contributed by atoms with Gasteiger partial charge in [0.15, 0.2) is 0 Å². The van der Waals surface area contributed by atoms with Gasteiger partial charge in [-0.2, -0.15) is 0 Å². The Labute approximate surface area is 115 Å². The van der Waals surface area contributed by atoms with E-state index in [0.717, 1.165) is 0 Å². The van der Waals surface area contributed by atoms with Crippen LogP contribution in [0.15, 0.2) is 39.6 Å². The molecule has 1 aromatic heterocycles. The Bertz CT molecular complexity index is 714. The first-order valence-corrected chi connectivity index (χ1v) is 6.10. The van der Waals surface area contributed by atoms with Gasteiger partial charge in [0.05, 0.1) is 18.6 Å². The molecule has 0 aliphatic heterocycles. The molecule has 106 valence electrons. The van der Waals surface area contributed by atoms with Crippen molar-refractivity contribution in [1.29, 1.82) is 0 Å². The first kappa shape index (κ1) is 14.1. The van der Waals surface area contributed by atoms with Crippen LogP contribution in [-0.4, -0.2) is 23.4 Å². The van der Waals surface area contributed by atoms with Gasteiger partial charge in [0.2, 0.25) is 0 Å². The third kappa shape index (κ3) is 2.53. The van der Waals surface area contributed by atoms with Crippen LogP contribution in [0.4, 0.5) is 0 Å². The highest BCUT2D eigenvalue weighted by molar-refractivity contribution is 5.86. The number of phenolic OH excluding ortho intramolecular Hbond substituents is 1. The number of aromatic hydroxyl groups is 1. The molecule has 1 unspecified atom stereocenters. The van der Waals surface area contributed by atoms with E-state index in [2.05, 4.69) is 6.58 Å². The number of benzene rings is 1. The lowest BCUT2D eigenvalue weighted by atomic mass is 9.99. The number of hydrogen-bond acceptors (Lipinski definition) is 5. The van der Waals surface area contributed by atoms with Crippen molar-refractivity contribution >= 4 is 11.0 Å². The zero-order valence-electron chi connectivity index (χ0n) is 11.3. The van der Waals surface area contributed by atoms with Crippen LogP contribution in [0, 0.1) is 0 Å². The van der Waals surface area contributed by atoms with Gasteiger partial charge in [-0.1, -0.05) is 12.2 Å². The molecular weight excluding hydrogens is 260 g/mol. The Morgan fingerprint density at radius 1 is 1.50 bits per heavy atom. The molecule has 2 aromatic rings. The van der Waals surface area contributed by atoms with Gasteiger partial charge in [0, 0.05) is 24.1 Å². The molecule has 5 nitrogen and oxygen atoms in total. The van der Waals surface area contributed by atoms with E-state index in [0.29, 0.717) is 22.3 Å². The maximum Gasteiger partial charge on any atom is 0.336 e. The number of aliphatic hydroxyl groups is 1. The van der Waals surface area contributed by atoms with Crippen LogP contribution in [0.5, 0.6) is 11.5 Å². The molecule has 0 radical (unpaired) electrons. The van der Waals surface area contributed by atoms with E-state index < -0.39 is 11.7 Å². The van der Waals surface area contributed by atoms with Crippen LogP contribution < -0.4 is 10.4 Å². The lowest BCUT2D eigenvalue weighted by Crippen LogP contribution is -2.12. The summed E-state index contributed by atoms with van der Waals surface area (Å²) < 4.78 is 10.2. The second-order valence-electron chi connectivity index (χ2n) is 4.64. The zero-order chi connectivity index (χ0) is 14.9. The van der Waals surface area contributed by atoms with Gasteiger partial charge in [-0.15, -0.1) is 0 Å². The summed E-state index contributed by atoms with van der Waals surface area (Å²) in [5.74, 6) is 0.285. The fourth-order valence-corrected chi connectivity index (χ4v) is 1.97. The lowest BCUT2D eigenvalue weighted by Gasteiger charge is -2.16. The van der Waals surface area contributed by atoms with Gasteiger partial charge in [-0.05, 0) is 13.0 Å². The minimum absolute atomic E-state index is 0.0663. The number of aliphatic hydroxyl groups excluding tert-OH is 1. The molecule has 0 spiro atoms. The van der Waals surface area contributed by atoms with E-state index in [1.807, 2.05) is 0 Å². The average molecular weight is 276 g/mol. The zero-order valence-corrected chi connectivity index (χ0v) is 11.3. The predicted octanol–water partition coefficient (Wildman–Crippen LogP) is 1.99. The fourth-order valence-electron chi connectivity index (χ4n) is 1.97. The van der Waals surface area contributed by atoms with Crippen LogP contribution in [0.2, 0.25) is 0 Å². The summed E-state index contributed by atoms with van der Waals surface area (Å²) in [6, 6.07) is 4.23. The lowest BCUT2D eigenvalue weighted by molar-refractivity contribution is 0.209.